The molecule has 1 aliphatic carbocycles. The number of halogens is 2. The highest BCUT2D eigenvalue weighted by atomic mass is 35.5. The summed E-state index contributed by atoms with van der Waals surface area (Å²) in [6.45, 7) is 2.54. The Balaban J connectivity index is 1.23. The minimum Gasteiger partial charge on any atom is -0.492 e. The van der Waals surface area contributed by atoms with Crippen LogP contribution >= 0.6 is 23.2 Å². The van der Waals surface area contributed by atoms with Crippen LogP contribution in [0.3, 0.4) is 0 Å². The molecule has 0 fully saturated rings. The number of pyridine rings is 2. The van der Waals surface area contributed by atoms with E-state index in [1.54, 1.807) is 18.3 Å². The van der Waals surface area contributed by atoms with Gasteiger partial charge in [-0.25, -0.2) is 0 Å². The summed E-state index contributed by atoms with van der Waals surface area (Å²) in [6, 6.07) is 23.3. The van der Waals surface area contributed by atoms with Crippen molar-refractivity contribution in [1.29, 1.82) is 0 Å². The second-order valence-corrected chi connectivity index (χ2v) is 14.1. The number of carbonyl (C=O) groups is 1. The van der Waals surface area contributed by atoms with Crippen molar-refractivity contribution in [2.24, 2.45) is 0 Å². The molecule has 6 rings (SSSR count). The van der Waals surface area contributed by atoms with E-state index in [1.165, 1.54) is 13.1 Å². The molecule has 0 radical (unpaired) electrons. The van der Waals surface area contributed by atoms with E-state index in [2.05, 4.69) is 26.7 Å². The first-order chi connectivity index (χ1) is 26.6. The monoisotopic (exact) mass is 787 g/mol. The van der Waals surface area contributed by atoms with Crippen LogP contribution in [0.15, 0.2) is 85.2 Å². The first-order valence-electron chi connectivity index (χ1n) is 17.8. The highest BCUT2D eigenvalue weighted by Gasteiger charge is 2.33. The molecule has 288 valence electrons. The van der Waals surface area contributed by atoms with Crippen molar-refractivity contribution in [2.75, 3.05) is 38.6 Å². The Morgan fingerprint density at radius 1 is 0.964 bits per heavy atom. The Hall–Kier alpha value is -4.95. The summed E-state index contributed by atoms with van der Waals surface area (Å²) in [7, 11) is 0. The van der Waals surface area contributed by atoms with Gasteiger partial charge in [-0.1, -0.05) is 71.7 Å². The Morgan fingerprint density at radius 2 is 1.73 bits per heavy atom. The number of aromatic nitrogens is 2. The summed E-state index contributed by atoms with van der Waals surface area (Å²) < 4.78 is 18.4. The molecule has 0 unspecified atom stereocenters. The topological polar surface area (TPSA) is 181 Å². The van der Waals surface area contributed by atoms with E-state index in [4.69, 9.17) is 48.3 Å². The van der Waals surface area contributed by atoms with Crippen LogP contribution < -0.4 is 30.6 Å². The maximum Gasteiger partial charge on any atom is 0.326 e. The number of nitrogens with one attached hydrogen (secondary N) is 2. The predicted octanol–water partition coefficient (Wildman–Crippen LogP) is 6.23. The van der Waals surface area contributed by atoms with Crippen molar-refractivity contribution < 1.29 is 34.3 Å². The summed E-state index contributed by atoms with van der Waals surface area (Å²) in [4.78, 5) is 20.6. The van der Waals surface area contributed by atoms with E-state index in [0.717, 1.165) is 45.6 Å². The number of carboxylic acids is 1. The van der Waals surface area contributed by atoms with Gasteiger partial charge in [0.25, 0.3) is 0 Å². The lowest BCUT2D eigenvalue weighted by molar-refractivity contribution is -0.145. The number of nitrogens with two attached hydrogens (primary N) is 1. The molecular formula is C41H43Cl2N5O7. The lowest BCUT2D eigenvalue weighted by Crippen LogP contribution is -2.52. The van der Waals surface area contributed by atoms with Crippen LogP contribution in [-0.2, 0) is 24.4 Å². The van der Waals surface area contributed by atoms with Gasteiger partial charge in [-0.15, -0.1) is 0 Å². The van der Waals surface area contributed by atoms with E-state index in [1.807, 2.05) is 54.6 Å². The fraction of sp³-hybridized carbons (Fsp3) is 0.293. The molecule has 7 N–H and O–H groups in total. The molecule has 5 aromatic rings. The first kappa shape index (κ1) is 39.7. The van der Waals surface area contributed by atoms with Gasteiger partial charge in [-0.05, 0) is 66.3 Å². The Labute approximate surface area is 329 Å². The number of aliphatic hydroxyl groups excluding tert-OH is 2. The van der Waals surface area contributed by atoms with Gasteiger partial charge >= 0.3 is 5.97 Å². The van der Waals surface area contributed by atoms with Crippen LogP contribution in [0.25, 0.3) is 22.3 Å². The summed E-state index contributed by atoms with van der Waals surface area (Å²) >= 11 is 13.9. The summed E-state index contributed by atoms with van der Waals surface area (Å²) in [5, 5.41) is 35.2. The minimum absolute atomic E-state index is 0.0158. The number of carboxylic acid groups (broad SMARTS) is 1. The number of aliphatic carboxylic acids is 1. The second-order valence-electron chi connectivity index (χ2n) is 13.3. The molecular weight excluding hydrogens is 745 g/mol. The number of anilines is 1. The van der Waals surface area contributed by atoms with Gasteiger partial charge in [0.1, 0.15) is 35.6 Å². The fourth-order valence-electron chi connectivity index (χ4n) is 6.32. The van der Waals surface area contributed by atoms with E-state index >= 15 is 0 Å². The van der Waals surface area contributed by atoms with Gasteiger partial charge < -0.3 is 40.6 Å². The third-order valence-corrected chi connectivity index (χ3v) is 10.1. The SMILES string of the molecule is C[C@@](CO)(NCc1cc(Cl)c(O[C@H]2CCc3c(-c4cccc(-c5ccc(OCCNCCO)cc5)c4Cl)cccc32)nc1OCc1cncc(N)c1)C(=O)O. The van der Waals surface area contributed by atoms with Crippen molar-refractivity contribution >= 4 is 34.9 Å². The summed E-state index contributed by atoms with van der Waals surface area (Å²) in [6.07, 6.45) is 4.18. The average Bonchev–Trinajstić information content (AvgIpc) is 3.60. The third kappa shape index (κ3) is 9.48. The number of hydrogen-bond acceptors (Lipinski definition) is 11. The van der Waals surface area contributed by atoms with Gasteiger partial charge in [0, 0.05) is 54.3 Å². The van der Waals surface area contributed by atoms with Crippen molar-refractivity contribution in [1.82, 2.24) is 20.6 Å². The summed E-state index contributed by atoms with van der Waals surface area (Å²) in [5.41, 5.74) is 11.8. The normalized spacial score (nSPS) is 14.6. The molecule has 2 aromatic heterocycles. The molecule has 1 aliphatic rings. The van der Waals surface area contributed by atoms with E-state index < -0.39 is 18.1 Å². The molecule has 14 heteroatoms. The summed E-state index contributed by atoms with van der Waals surface area (Å²) in [5.74, 6) is -0.138. The van der Waals surface area contributed by atoms with Gasteiger partial charge in [-0.2, -0.15) is 4.98 Å². The van der Waals surface area contributed by atoms with Gasteiger partial charge in [0.05, 0.1) is 23.9 Å². The maximum atomic E-state index is 11.8. The number of benzene rings is 3. The number of nitrogen functional groups attached to an aromatic ring is 1. The standard InChI is InChI=1S/C41H43Cl2N5O7/c1-41(24-50,40(51)52)47-21-27-19-35(42)39(48-38(27)54-23-25-18-28(44)22-46-20-25)55-36-13-12-32-31(5-3-6-33(32)36)34-7-2-4-30(37(34)43)26-8-10-29(11-9-26)53-17-15-45-14-16-49/h2-11,18-20,22,36,45,47,49-50H,12-17,21,23-24,44H2,1H3,(H,51,52)/t36-,41-/m0/s1. The van der Waals surface area contributed by atoms with Crippen LogP contribution in [0.2, 0.25) is 10.0 Å². The van der Waals surface area contributed by atoms with E-state index in [9.17, 15) is 15.0 Å². The third-order valence-electron chi connectivity index (χ3n) is 9.39. The zero-order valence-electron chi connectivity index (χ0n) is 30.2. The van der Waals surface area contributed by atoms with Crippen LogP contribution in [-0.4, -0.2) is 69.7 Å². The molecule has 2 heterocycles. The predicted molar refractivity (Wildman–Crippen MR) is 212 cm³/mol. The number of ether oxygens (including phenoxy) is 3. The molecule has 12 nitrogen and oxygen atoms in total. The smallest absolute Gasteiger partial charge is 0.326 e. The highest BCUT2D eigenvalue weighted by molar-refractivity contribution is 6.36. The van der Waals surface area contributed by atoms with Crippen molar-refractivity contribution in [3.05, 3.63) is 117 Å². The number of aliphatic hydroxyl groups is 2. The highest BCUT2D eigenvalue weighted by Crippen LogP contribution is 2.45. The molecule has 0 saturated heterocycles. The number of rotatable bonds is 18. The first-order valence-corrected chi connectivity index (χ1v) is 18.6. The molecule has 0 bridgehead atoms. The van der Waals surface area contributed by atoms with Crippen LogP contribution in [0, 0.1) is 0 Å². The zero-order valence-corrected chi connectivity index (χ0v) is 31.7. The van der Waals surface area contributed by atoms with Gasteiger partial charge in [0.15, 0.2) is 0 Å². The Morgan fingerprint density at radius 3 is 2.47 bits per heavy atom. The quantitative estimate of drug-likeness (QED) is 0.0552. The van der Waals surface area contributed by atoms with Crippen LogP contribution in [0.1, 0.15) is 41.7 Å². The maximum absolute atomic E-state index is 11.8. The van der Waals surface area contributed by atoms with E-state index in [-0.39, 0.29) is 42.6 Å². The van der Waals surface area contributed by atoms with E-state index in [0.29, 0.717) is 48.0 Å². The Kier molecular flexibility index (Phi) is 13.1. The van der Waals surface area contributed by atoms with Crippen molar-refractivity contribution in [3.63, 3.8) is 0 Å². The lowest BCUT2D eigenvalue weighted by atomic mass is 9.94. The molecule has 0 saturated carbocycles. The second kappa shape index (κ2) is 18.1. The van der Waals surface area contributed by atoms with Crippen LogP contribution in [0.5, 0.6) is 17.5 Å². The molecule has 0 spiro atoms. The lowest BCUT2D eigenvalue weighted by Gasteiger charge is -2.24. The van der Waals surface area contributed by atoms with Gasteiger partial charge in [-0.3, -0.25) is 15.1 Å². The largest absolute Gasteiger partial charge is 0.492 e. The average molecular weight is 789 g/mol. The molecule has 55 heavy (non-hydrogen) atoms. The van der Waals surface area contributed by atoms with Crippen molar-refractivity contribution in [3.8, 4) is 39.8 Å². The van der Waals surface area contributed by atoms with Crippen LogP contribution in [0.4, 0.5) is 5.69 Å². The minimum atomic E-state index is -1.61. The zero-order chi connectivity index (χ0) is 39.0. The van der Waals surface area contributed by atoms with Crippen molar-refractivity contribution in [2.45, 2.75) is 44.6 Å². The molecule has 2 atom stereocenters. The number of fused-ring (bicyclic) bond motifs is 1. The molecule has 0 aliphatic heterocycles. The fourth-order valence-corrected chi connectivity index (χ4v) is 6.88. The number of nitrogens with zero attached hydrogens (tertiary/aromatic N) is 2. The molecule has 0 amide bonds. The molecule has 3 aromatic carbocycles. The Bertz CT molecular complexity index is 2120. The van der Waals surface area contributed by atoms with Gasteiger partial charge in [0.2, 0.25) is 11.8 Å². The number of hydrogen-bond donors (Lipinski definition) is 6.